The van der Waals surface area contributed by atoms with Gasteiger partial charge in [0, 0.05) is 135 Å². The minimum atomic E-state index is -1.63. The number of amides is 12. The SMILES string of the molecule is COc1ccc2c(c1)C(=O)N(C[C@@]1(C#Cc3ccc(C(=NO)N4CCC(=O)CC4)cc3)NC(=O)NC1=O)C2.COc1ccc2c(c1)C(=O)N(C[C@@]1(C#Cc3ccc(C(=NO)N4CCCCC4)cc3)NC(=O)NC1=O)C2.COc1ccc2c(c1)C(=O)N(C[C@@]1(C#Cc3ccc(C(=NO)N4CCN(C)CC4)cc3)NC(=O)NC1=O)C2. The fraction of sp³-hybridized carbons (Fsp3) is 0.321. The molecule has 0 unspecified atom stereocenters. The molecule has 0 spiro atoms. The smallest absolute Gasteiger partial charge is 0.323 e. The number of rotatable bonds is 12. The van der Waals surface area contributed by atoms with E-state index in [0.717, 1.165) is 79.9 Å². The normalized spacial score (nSPS) is 21.3. The van der Waals surface area contributed by atoms with Gasteiger partial charge in [0.1, 0.15) is 23.0 Å². The number of imide groups is 3. The van der Waals surface area contributed by atoms with Gasteiger partial charge in [-0.3, -0.25) is 49.5 Å². The molecule has 6 aromatic carbocycles. The highest BCUT2D eigenvalue weighted by Crippen LogP contribution is 2.33. The zero-order chi connectivity index (χ0) is 79.7. The predicted molar refractivity (Wildman–Crippen MR) is 407 cm³/mol. The Morgan fingerprint density at radius 3 is 0.982 bits per heavy atom. The summed E-state index contributed by atoms with van der Waals surface area (Å²) in [6.45, 7) is 6.35. The van der Waals surface area contributed by atoms with Crippen LogP contribution in [0.1, 0.15) is 113 Å². The van der Waals surface area contributed by atoms with Crippen molar-refractivity contribution in [2.75, 3.05) is 100 Å². The van der Waals surface area contributed by atoms with Gasteiger partial charge in [0.2, 0.25) is 16.6 Å². The van der Waals surface area contributed by atoms with E-state index in [1.807, 2.05) is 34.1 Å². The zero-order valence-corrected chi connectivity index (χ0v) is 62.2. The molecule has 9 aliphatic rings. The van der Waals surface area contributed by atoms with Crippen molar-refractivity contribution in [3.8, 4) is 52.8 Å². The summed E-state index contributed by atoms with van der Waals surface area (Å²) < 4.78 is 15.7. The van der Waals surface area contributed by atoms with Crippen molar-refractivity contribution < 1.29 is 77.8 Å². The fourth-order valence-corrected chi connectivity index (χ4v) is 14.5. The summed E-state index contributed by atoms with van der Waals surface area (Å²) in [5, 5.41) is 53.7. The summed E-state index contributed by atoms with van der Waals surface area (Å²) in [5.41, 5.74) is 2.94. The van der Waals surface area contributed by atoms with Crippen molar-refractivity contribution in [1.82, 2.24) is 66.2 Å². The molecule has 0 saturated carbocycles. The van der Waals surface area contributed by atoms with Crippen molar-refractivity contribution >= 4 is 76.8 Å². The number of Topliss-reactive ketones (excluding diaryl/α,β-unsaturated/α-hetero) is 1. The molecular weight excluding hydrogens is 1450 g/mol. The standard InChI is InChI=1S/C27H28N6O5.C27H25N5O6.C27H27N5O5/c1-31-11-13-32(14-12-31)23(30-37)19-5-3-18(4-6-19)9-10-27(25(35)28-26(36)29-27)17-33-16-20-7-8-21(38-2)15-22(20)24(33)34;1-38-21-7-6-19-15-32(24(34)22(19)14-21)16-27(25(35)28-26(36)29-27)11-8-17-2-4-18(5-3-17)23(30-37)31-12-9-20(33)10-13-31;1-37-21-10-9-20-16-32(24(33)22(20)15-21)17-27(25(34)28-26(35)29-27)12-11-18-5-7-19(8-6-18)23(30-36)31-13-3-2-4-14-31/h3-8,15,37H,11-14,16-17H2,1-2H3,(H2,28,29,35,36);2-7,14,37H,9-10,12-13,15-16H2,1H3,(H2,28,29,35,36);5-10,15,36H,2-4,13-14,16-17H2,1H3,(H2,28,29,34,35)/t3*27-/m111/s1. The predicted octanol–water partition coefficient (Wildman–Crippen LogP) is 3.65. The molecule has 15 rings (SSSR count). The van der Waals surface area contributed by atoms with Crippen LogP contribution in [0.15, 0.2) is 143 Å². The van der Waals surface area contributed by atoms with Crippen LogP contribution >= 0.6 is 0 Å². The van der Waals surface area contributed by atoms with E-state index in [1.54, 1.807) is 103 Å². The third-order valence-corrected chi connectivity index (χ3v) is 20.7. The Kier molecular flexibility index (Phi) is 22.6. The largest absolute Gasteiger partial charge is 0.497 e. The monoisotopic (exact) mass is 1530 g/mol. The maximum absolute atomic E-state index is 13.1. The third-order valence-electron chi connectivity index (χ3n) is 20.7. The van der Waals surface area contributed by atoms with E-state index in [-0.39, 0.29) is 56.2 Å². The molecular formula is C81H80N16O16. The number of fused-ring (bicyclic) bond motifs is 3. The Labute approximate surface area is 649 Å². The van der Waals surface area contributed by atoms with Gasteiger partial charge in [-0.2, -0.15) is 0 Å². The molecule has 6 fully saturated rings. The number of piperazine rings is 1. The van der Waals surface area contributed by atoms with Crippen LogP contribution in [0.25, 0.3) is 0 Å². The number of nitrogens with zero attached hydrogens (tertiary/aromatic N) is 10. The number of urea groups is 3. The van der Waals surface area contributed by atoms with Gasteiger partial charge in [0.15, 0.2) is 17.5 Å². The maximum atomic E-state index is 13.1. The van der Waals surface area contributed by atoms with E-state index in [0.29, 0.717) is 106 Å². The lowest BCUT2D eigenvalue weighted by Gasteiger charge is -2.34. The summed E-state index contributed by atoms with van der Waals surface area (Å²) in [7, 11) is 6.62. The molecule has 32 nitrogen and oxygen atoms in total. The van der Waals surface area contributed by atoms with Crippen molar-refractivity contribution in [1.29, 1.82) is 0 Å². The number of likely N-dealkylation sites (N-methyl/N-ethyl adjacent to an activating group) is 1. The van der Waals surface area contributed by atoms with Gasteiger partial charge in [-0.25, -0.2) is 14.4 Å². The molecule has 0 bridgehead atoms. The molecule has 0 aromatic heterocycles. The minimum Gasteiger partial charge on any atom is -0.497 e. The summed E-state index contributed by atoms with van der Waals surface area (Å²) in [5.74, 6) is 18.1. The number of hydrogen-bond acceptors (Lipinski definition) is 20. The van der Waals surface area contributed by atoms with E-state index in [2.05, 4.69) is 99.7 Å². The van der Waals surface area contributed by atoms with E-state index in [9.17, 15) is 63.6 Å². The summed E-state index contributed by atoms with van der Waals surface area (Å²) in [4.78, 5) is 138. The number of carbonyl (C=O) groups is 10. The van der Waals surface area contributed by atoms with Gasteiger partial charge < -0.3 is 80.1 Å². The van der Waals surface area contributed by atoms with Crippen molar-refractivity contribution in [3.05, 3.63) is 194 Å². The molecule has 6 aromatic rings. The molecule has 113 heavy (non-hydrogen) atoms. The van der Waals surface area contributed by atoms with Gasteiger partial charge in [-0.1, -0.05) is 69.2 Å². The van der Waals surface area contributed by atoms with Crippen LogP contribution in [0.2, 0.25) is 0 Å². The minimum absolute atomic E-state index is 0.109. The highest BCUT2D eigenvalue weighted by Gasteiger charge is 2.51. The van der Waals surface area contributed by atoms with E-state index >= 15 is 0 Å². The average molecular weight is 1530 g/mol. The van der Waals surface area contributed by atoms with E-state index < -0.39 is 52.4 Å². The number of ether oxygens (including phenoxy) is 3. The Morgan fingerprint density at radius 2 is 0.699 bits per heavy atom. The first-order valence-corrected chi connectivity index (χ1v) is 36.4. The zero-order valence-electron chi connectivity index (χ0n) is 62.2. The summed E-state index contributed by atoms with van der Waals surface area (Å²) in [6.07, 6.45) is 4.07. The third kappa shape index (κ3) is 16.7. The highest BCUT2D eigenvalue weighted by atomic mass is 16.5. The van der Waals surface area contributed by atoms with Gasteiger partial charge in [-0.05, 0) is 152 Å². The second kappa shape index (κ2) is 33.1. The lowest BCUT2D eigenvalue weighted by Crippen LogP contribution is -2.54. The quantitative estimate of drug-likeness (QED) is 0.0211. The lowest BCUT2D eigenvalue weighted by molar-refractivity contribution is -0.123. The van der Waals surface area contributed by atoms with Gasteiger partial charge >= 0.3 is 18.1 Å². The van der Waals surface area contributed by atoms with Crippen molar-refractivity contribution in [2.45, 2.75) is 68.4 Å². The van der Waals surface area contributed by atoms with Crippen LogP contribution in [0.3, 0.4) is 0 Å². The number of ketones is 1. The van der Waals surface area contributed by atoms with Crippen LogP contribution < -0.4 is 46.1 Å². The number of amidine groups is 3. The lowest BCUT2D eigenvalue weighted by atomic mass is 9.98. The van der Waals surface area contributed by atoms with Crippen LogP contribution in [0.5, 0.6) is 17.2 Å². The first-order chi connectivity index (χ1) is 54.5. The number of likely N-dealkylation sites (tertiary alicyclic amines) is 2. The van der Waals surface area contributed by atoms with Crippen LogP contribution in [-0.4, -0.2) is 244 Å². The number of piperidine rings is 2. The number of hydrogen-bond donors (Lipinski definition) is 9. The Bertz CT molecular complexity index is 5130. The molecule has 0 aliphatic carbocycles. The molecule has 12 amide bonds. The Morgan fingerprint density at radius 1 is 0.398 bits per heavy atom. The highest BCUT2D eigenvalue weighted by molar-refractivity contribution is 6.12. The fourth-order valence-electron chi connectivity index (χ4n) is 14.5. The number of carbonyl (C=O) groups excluding carboxylic acids is 10. The maximum Gasteiger partial charge on any atom is 0.323 e. The number of oxime groups is 3. The molecule has 3 atom stereocenters. The molecule has 9 heterocycles. The summed E-state index contributed by atoms with van der Waals surface area (Å²) in [6, 6.07) is 34.8. The second-order valence-electron chi connectivity index (χ2n) is 28.1. The second-order valence-corrected chi connectivity index (χ2v) is 28.1. The van der Waals surface area contributed by atoms with Crippen molar-refractivity contribution in [2.24, 2.45) is 15.5 Å². The van der Waals surface area contributed by atoms with E-state index in [4.69, 9.17) is 14.2 Å². The van der Waals surface area contributed by atoms with Crippen LogP contribution in [0, 0.1) is 35.5 Å². The Balaban J connectivity index is 0.000000148. The topological polar surface area (TPSA) is 391 Å². The van der Waals surface area contributed by atoms with Gasteiger partial charge in [-0.15, -0.1) is 0 Å². The number of benzene rings is 6. The van der Waals surface area contributed by atoms with Crippen molar-refractivity contribution in [3.63, 3.8) is 0 Å². The number of methoxy groups -OCH3 is 3. The van der Waals surface area contributed by atoms with Crippen LogP contribution in [0.4, 0.5) is 14.4 Å². The molecule has 6 saturated heterocycles. The molecule has 9 aliphatic heterocycles. The molecule has 580 valence electrons. The van der Waals surface area contributed by atoms with Gasteiger partial charge in [0.25, 0.3) is 35.4 Å². The molecule has 0 radical (unpaired) electrons. The molecule has 9 N–H and O–H groups in total. The Hall–Kier alpha value is -13.9. The summed E-state index contributed by atoms with van der Waals surface area (Å²) >= 11 is 0. The van der Waals surface area contributed by atoms with Gasteiger partial charge in [0.05, 0.1) is 41.0 Å². The first kappa shape index (κ1) is 77.2. The average Bonchev–Trinajstić information content (AvgIpc) is 1.63. The first-order valence-electron chi connectivity index (χ1n) is 36.4. The van der Waals surface area contributed by atoms with E-state index in [1.165, 1.54) is 42.4 Å². The van der Waals surface area contributed by atoms with Crippen LogP contribution in [-0.2, 0) is 38.8 Å². The molecule has 32 heteroatoms. The number of nitrogens with one attached hydrogen (secondary N) is 6.